The summed E-state index contributed by atoms with van der Waals surface area (Å²) in [7, 11) is 0. The number of hydrogen-bond donors (Lipinski definition) is 1. The Morgan fingerprint density at radius 3 is 2.33 bits per heavy atom. The molecule has 80 valence electrons. The van der Waals surface area contributed by atoms with Gasteiger partial charge in [0.2, 0.25) is 0 Å². The van der Waals surface area contributed by atoms with Crippen LogP contribution in [-0.2, 0) is 10.4 Å². The predicted molar refractivity (Wildman–Crippen MR) is 58.4 cm³/mol. The summed E-state index contributed by atoms with van der Waals surface area (Å²) in [6.07, 6.45) is 3.02. The van der Waals surface area contributed by atoms with Gasteiger partial charge in [0, 0.05) is 0 Å². The lowest BCUT2D eigenvalue weighted by Gasteiger charge is -2.40. The summed E-state index contributed by atoms with van der Waals surface area (Å²) in [5.41, 5.74) is -0.512. The summed E-state index contributed by atoms with van der Waals surface area (Å²) in [5, 5.41) is 10.5. The normalized spacial score (nSPS) is 20.4. The topological polar surface area (TPSA) is 37.3 Å². The fourth-order valence-electron chi connectivity index (χ4n) is 2.24. The maximum absolute atomic E-state index is 11.7. The lowest BCUT2D eigenvalue weighted by molar-refractivity contribution is -0.147. The van der Waals surface area contributed by atoms with E-state index in [9.17, 15) is 9.90 Å². The summed E-state index contributed by atoms with van der Waals surface area (Å²) >= 11 is 0. The van der Waals surface area contributed by atoms with Crippen molar-refractivity contribution in [3.05, 3.63) is 35.9 Å². The number of rotatable bonds is 3. The van der Waals surface area contributed by atoms with E-state index in [0.29, 0.717) is 0 Å². The van der Waals surface area contributed by atoms with Gasteiger partial charge < -0.3 is 5.11 Å². The summed E-state index contributed by atoms with van der Waals surface area (Å²) in [6.45, 7) is 1.48. The molecule has 0 spiro atoms. The maximum Gasteiger partial charge on any atom is 0.166 e. The minimum Gasteiger partial charge on any atom is -0.377 e. The van der Waals surface area contributed by atoms with Gasteiger partial charge in [-0.05, 0) is 31.2 Å². The Bertz CT molecular complexity index is 354. The number of Topliss-reactive ketones (excluding diaryl/α,β-unsaturated/α-hetero) is 1. The molecule has 0 aliphatic heterocycles. The number of aliphatic hydroxyl groups is 1. The van der Waals surface area contributed by atoms with Crippen molar-refractivity contribution >= 4 is 5.78 Å². The van der Waals surface area contributed by atoms with E-state index in [2.05, 4.69) is 0 Å². The molecule has 0 unspecified atom stereocenters. The molecule has 1 N–H and O–H groups in total. The molecule has 1 fully saturated rings. The van der Waals surface area contributed by atoms with Crippen molar-refractivity contribution in [2.45, 2.75) is 31.8 Å². The van der Waals surface area contributed by atoms with Crippen LogP contribution < -0.4 is 0 Å². The third kappa shape index (κ3) is 1.59. The van der Waals surface area contributed by atoms with Crippen molar-refractivity contribution in [3.8, 4) is 0 Å². The lowest BCUT2D eigenvalue weighted by atomic mass is 9.68. The van der Waals surface area contributed by atoms with Crippen LogP contribution in [0.5, 0.6) is 0 Å². The van der Waals surface area contributed by atoms with Gasteiger partial charge in [-0.25, -0.2) is 0 Å². The van der Waals surface area contributed by atoms with Gasteiger partial charge in [-0.15, -0.1) is 0 Å². The van der Waals surface area contributed by atoms with Crippen molar-refractivity contribution in [3.63, 3.8) is 0 Å². The van der Waals surface area contributed by atoms with Crippen molar-refractivity contribution < 1.29 is 9.90 Å². The number of ketones is 1. The van der Waals surface area contributed by atoms with E-state index in [4.69, 9.17) is 0 Å². The van der Waals surface area contributed by atoms with Crippen LogP contribution in [0.1, 0.15) is 31.7 Å². The van der Waals surface area contributed by atoms with Crippen molar-refractivity contribution in [1.29, 1.82) is 0 Å². The van der Waals surface area contributed by atoms with Gasteiger partial charge in [0.15, 0.2) is 11.4 Å². The zero-order valence-corrected chi connectivity index (χ0v) is 8.94. The van der Waals surface area contributed by atoms with Crippen LogP contribution in [-0.4, -0.2) is 10.9 Å². The van der Waals surface area contributed by atoms with Crippen LogP contribution in [0.25, 0.3) is 0 Å². The molecule has 2 nitrogen and oxygen atoms in total. The first-order valence-corrected chi connectivity index (χ1v) is 5.44. The average Bonchev–Trinajstić information content (AvgIpc) is 2.16. The third-order valence-corrected chi connectivity index (χ3v) is 3.45. The highest BCUT2D eigenvalue weighted by molar-refractivity contribution is 5.86. The number of carbonyl (C=O) groups excluding carboxylic acids is 1. The highest BCUT2D eigenvalue weighted by atomic mass is 16.3. The van der Waals surface area contributed by atoms with Crippen LogP contribution in [0, 0.1) is 5.92 Å². The fourth-order valence-corrected chi connectivity index (χ4v) is 2.24. The number of hydrogen-bond acceptors (Lipinski definition) is 2. The van der Waals surface area contributed by atoms with E-state index in [1.54, 1.807) is 0 Å². The van der Waals surface area contributed by atoms with E-state index in [1.165, 1.54) is 6.92 Å². The molecule has 15 heavy (non-hydrogen) atoms. The van der Waals surface area contributed by atoms with E-state index in [-0.39, 0.29) is 11.7 Å². The van der Waals surface area contributed by atoms with Crippen LogP contribution >= 0.6 is 0 Å². The summed E-state index contributed by atoms with van der Waals surface area (Å²) in [4.78, 5) is 11.7. The fraction of sp³-hybridized carbons (Fsp3) is 0.462. The second kappa shape index (κ2) is 3.78. The van der Waals surface area contributed by atoms with Crippen LogP contribution in [0.4, 0.5) is 0 Å². The number of benzene rings is 1. The molecule has 1 aromatic carbocycles. The quantitative estimate of drug-likeness (QED) is 0.820. The molecule has 0 bridgehead atoms. The molecular weight excluding hydrogens is 188 g/mol. The summed E-state index contributed by atoms with van der Waals surface area (Å²) in [6, 6.07) is 9.29. The summed E-state index contributed by atoms with van der Waals surface area (Å²) in [5.74, 6) is -0.0317. The van der Waals surface area contributed by atoms with Gasteiger partial charge in [0.25, 0.3) is 0 Å². The molecule has 2 rings (SSSR count). The van der Waals surface area contributed by atoms with Gasteiger partial charge in [0.1, 0.15) is 0 Å². The average molecular weight is 204 g/mol. The van der Waals surface area contributed by atoms with Gasteiger partial charge in [-0.1, -0.05) is 36.8 Å². The Labute approximate surface area is 89.9 Å². The first-order chi connectivity index (χ1) is 7.15. The molecule has 0 saturated heterocycles. The maximum atomic E-state index is 11.7. The van der Waals surface area contributed by atoms with E-state index < -0.39 is 5.60 Å². The molecule has 0 heterocycles. The largest absolute Gasteiger partial charge is 0.377 e. The number of carbonyl (C=O) groups is 1. The summed E-state index contributed by atoms with van der Waals surface area (Å²) < 4.78 is 0. The van der Waals surface area contributed by atoms with Gasteiger partial charge in [-0.2, -0.15) is 0 Å². The molecular formula is C13H16O2. The second-order valence-electron chi connectivity index (χ2n) is 4.32. The highest BCUT2D eigenvalue weighted by Gasteiger charge is 2.45. The van der Waals surface area contributed by atoms with E-state index in [0.717, 1.165) is 24.8 Å². The minimum atomic E-state index is -1.25. The second-order valence-corrected chi connectivity index (χ2v) is 4.32. The third-order valence-electron chi connectivity index (χ3n) is 3.45. The van der Waals surface area contributed by atoms with E-state index in [1.807, 2.05) is 30.3 Å². The predicted octanol–water partition coefficient (Wildman–Crippen LogP) is 2.26. The van der Waals surface area contributed by atoms with E-state index >= 15 is 0 Å². The Kier molecular flexibility index (Phi) is 2.61. The monoisotopic (exact) mass is 204 g/mol. The van der Waals surface area contributed by atoms with Gasteiger partial charge in [-0.3, -0.25) is 4.79 Å². The Morgan fingerprint density at radius 1 is 1.33 bits per heavy atom. The van der Waals surface area contributed by atoms with Crippen molar-refractivity contribution in [1.82, 2.24) is 0 Å². The highest BCUT2D eigenvalue weighted by Crippen LogP contribution is 2.42. The molecule has 0 radical (unpaired) electrons. The first kappa shape index (κ1) is 10.4. The molecule has 1 aromatic rings. The van der Waals surface area contributed by atoms with Gasteiger partial charge >= 0.3 is 0 Å². The molecule has 1 aliphatic carbocycles. The molecule has 2 heteroatoms. The van der Waals surface area contributed by atoms with Crippen molar-refractivity contribution in [2.24, 2.45) is 5.92 Å². The Morgan fingerprint density at radius 2 is 1.93 bits per heavy atom. The smallest absolute Gasteiger partial charge is 0.166 e. The Hall–Kier alpha value is -1.15. The van der Waals surface area contributed by atoms with Crippen molar-refractivity contribution in [2.75, 3.05) is 0 Å². The Balaban J connectivity index is 2.38. The lowest BCUT2D eigenvalue weighted by Crippen LogP contribution is -2.44. The molecule has 0 amide bonds. The van der Waals surface area contributed by atoms with Crippen LogP contribution in [0.3, 0.4) is 0 Å². The van der Waals surface area contributed by atoms with Crippen LogP contribution in [0.2, 0.25) is 0 Å². The molecule has 1 aliphatic rings. The zero-order valence-electron chi connectivity index (χ0n) is 8.94. The molecule has 1 saturated carbocycles. The van der Waals surface area contributed by atoms with Crippen LogP contribution in [0.15, 0.2) is 30.3 Å². The SMILES string of the molecule is CC(=O)[C@@](O)(c1ccccc1)C1CCC1. The molecule has 0 aromatic heterocycles. The first-order valence-electron chi connectivity index (χ1n) is 5.44. The minimum absolute atomic E-state index is 0.109. The molecule has 1 atom stereocenters. The standard InChI is InChI=1S/C13H16O2/c1-10(14)13(15,12-8-5-9-12)11-6-3-2-4-7-11/h2-4,6-7,12,15H,5,8-9H2,1H3/t13-/m1/s1. The zero-order chi connectivity index (χ0) is 10.9. The van der Waals surface area contributed by atoms with Gasteiger partial charge in [0.05, 0.1) is 0 Å².